The number of anilines is 1. The molecule has 0 atom stereocenters. The molecule has 0 aliphatic rings. The number of nitrogens with zero attached hydrogens (tertiary/aromatic N) is 1. The Kier molecular flexibility index (Phi) is 3.90. The number of rotatable bonds is 5. The molecule has 0 saturated heterocycles. The van der Waals surface area contributed by atoms with E-state index in [0.29, 0.717) is 11.4 Å². The fourth-order valence-electron chi connectivity index (χ4n) is 1.64. The maximum atomic E-state index is 12.3. The normalized spacial score (nSPS) is 11.1. The van der Waals surface area contributed by atoms with Crippen LogP contribution in [0.25, 0.3) is 0 Å². The molecule has 2 rings (SSSR count). The molecule has 1 heterocycles. The second-order valence-corrected chi connectivity index (χ2v) is 5.99. The van der Waals surface area contributed by atoms with Crippen LogP contribution in [0, 0.1) is 0 Å². The zero-order valence-electron chi connectivity index (χ0n) is 11.3. The van der Waals surface area contributed by atoms with E-state index in [2.05, 4.69) is 0 Å². The van der Waals surface area contributed by atoms with E-state index in [1.54, 1.807) is 24.3 Å². The zero-order valence-corrected chi connectivity index (χ0v) is 12.1. The van der Waals surface area contributed by atoms with Crippen molar-refractivity contribution in [1.29, 1.82) is 0 Å². The summed E-state index contributed by atoms with van der Waals surface area (Å²) in [6.45, 7) is 0. The quantitative estimate of drug-likeness (QED) is 0.904. The monoisotopic (exact) mass is 311 g/mol. The van der Waals surface area contributed by atoms with E-state index in [4.69, 9.17) is 14.3 Å². The first-order valence-electron chi connectivity index (χ1n) is 5.82. The molecule has 0 saturated carbocycles. The van der Waals surface area contributed by atoms with Gasteiger partial charge in [0.15, 0.2) is 0 Å². The summed E-state index contributed by atoms with van der Waals surface area (Å²) >= 11 is 0. The average molecular weight is 311 g/mol. The van der Waals surface area contributed by atoms with Crippen LogP contribution in [0.2, 0.25) is 0 Å². The van der Waals surface area contributed by atoms with Gasteiger partial charge in [-0.1, -0.05) is 0 Å². The Balaban J connectivity index is 2.34. The third-order valence-corrected chi connectivity index (χ3v) is 4.50. The number of methoxy groups -OCH3 is 1. The molecule has 112 valence electrons. The second-order valence-electron chi connectivity index (χ2n) is 4.09. The summed E-state index contributed by atoms with van der Waals surface area (Å²) in [6.07, 6.45) is 0. The molecule has 21 heavy (non-hydrogen) atoms. The van der Waals surface area contributed by atoms with Gasteiger partial charge in [0.25, 0.3) is 10.0 Å². The second kappa shape index (κ2) is 5.49. The number of furan rings is 1. The van der Waals surface area contributed by atoms with Crippen molar-refractivity contribution in [3.05, 3.63) is 42.2 Å². The van der Waals surface area contributed by atoms with Crippen LogP contribution in [0.15, 0.2) is 45.9 Å². The molecule has 0 bridgehead atoms. The van der Waals surface area contributed by atoms with Gasteiger partial charge >= 0.3 is 5.97 Å². The van der Waals surface area contributed by atoms with Gasteiger partial charge in [0.05, 0.1) is 12.8 Å². The summed E-state index contributed by atoms with van der Waals surface area (Å²) in [7, 11) is -1.11. The number of aromatic carboxylic acids is 1. The van der Waals surface area contributed by atoms with Crippen LogP contribution in [0.1, 0.15) is 10.6 Å². The SMILES string of the molecule is COc1ccc(N(C)S(=O)(=O)c2ccc(C(=O)O)o2)cc1. The highest BCUT2D eigenvalue weighted by molar-refractivity contribution is 7.92. The number of hydrogen-bond acceptors (Lipinski definition) is 5. The largest absolute Gasteiger partial charge is 0.497 e. The van der Waals surface area contributed by atoms with Crippen LogP contribution in [0.5, 0.6) is 5.75 Å². The first-order valence-corrected chi connectivity index (χ1v) is 7.26. The molecule has 2 aromatic rings. The Hall–Kier alpha value is -2.48. The number of hydrogen-bond donors (Lipinski definition) is 1. The first-order chi connectivity index (χ1) is 9.86. The summed E-state index contributed by atoms with van der Waals surface area (Å²) in [5.41, 5.74) is 0.393. The smallest absolute Gasteiger partial charge is 0.371 e. The number of ether oxygens (including phenoxy) is 1. The molecule has 0 fully saturated rings. The lowest BCUT2D eigenvalue weighted by molar-refractivity contribution is 0.0656. The van der Waals surface area contributed by atoms with Gasteiger partial charge in [-0.25, -0.2) is 4.79 Å². The van der Waals surface area contributed by atoms with Crippen molar-refractivity contribution in [3.8, 4) is 5.75 Å². The molecule has 1 N–H and O–H groups in total. The summed E-state index contributed by atoms with van der Waals surface area (Å²) in [5, 5.41) is 8.33. The fraction of sp³-hybridized carbons (Fsp3) is 0.154. The average Bonchev–Trinajstić information content (AvgIpc) is 2.97. The van der Waals surface area contributed by atoms with Crippen LogP contribution < -0.4 is 9.04 Å². The molecule has 7 nitrogen and oxygen atoms in total. The summed E-state index contributed by atoms with van der Waals surface area (Å²) in [6, 6.07) is 8.57. The number of carbonyl (C=O) groups is 1. The minimum absolute atomic E-state index is 0.393. The Labute approximate surface area is 121 Å². The van der Waals surface area contributed by atoms with E-state index in [1.165, 1.54) is 14.2 Å². The van der Waals surface area contributed by atoms with Crippen molar-refractivity contribution in [2.75, 3.05) is 18.5 Å². The molecule has 1 aromatic heterocycles. The van der Waals surface area contributed by atoms with Crippen LogP contribution in [0.3, 0.4) is 0 Å². The summed E-state index contributed by atoms with van der Waals surface area (Å²) in [4.78, 5) is 10.7. The van der Waals surface area contributed by atoms with E-state index in [1.807, 2.05) is 0 Å². The van der Waals surface area contributed by atoms with E-state index >= 15 is 0 Å². The molecule has 0 radical (unpaired) electrons. The summed E-state index contributed by atoms with van der Waals surface area (Å²) in [5.74, 6) is -1.17. The number of benzene rings is 1. The van der Waals surface area contributed by atoms with Crippen molar-refractivity contribution >= 4 is 21.7 Å². The van der Waals surface area contributed by atoms with Crippen LogP contribution >= 0.6 is 0 Å². The van der Waals surface area contributed by atoms with Crippen LogP contribution in [-0.4, -0.2) is 33.7 Å². The Morgan fingerprint density at radius 2 is 1.81 bits per heavy atom. The van der Waals surface area contributed by atoms with Gasteiger partial charge in [-0.05, 0) is 36.4 Å². The van der Waals surface area contributed by atoms with Gasteiger partial charge in [0.1, 0.15) is 5.75 Å². The molecule has 0 unspecified atom stereocenters. The third kappa shape index (κ3) is 2.84. The van der Waals surface area contributed by atoms with Crippen molar-refractivity contribution in [1.82, 2.24) is 0 Å². The van der Waals surface area contributed by atoms with Gasteiger partial charge in [-0.2, -0.15) is 8.42 Å². The highest BCUT2D eigenvalue weighted by Gasteiger charge is 2.26. The lowest BCUT2D eigenvalue weighted by Gasteiger charge is -2.17. The fourth-order valence-corrected chi connectivity index (χ4v) is 2.74. The highest BCUT2D eigenvalue weighted by atomic mass is 32.2. The molecule has 0 aliphatic heterocycles. The summed E-state index contributed by atoms with van der Waals surface area (Å²) < 4.78 is 35.5. The molecule has 0 aliphatic carbocycles. The molecule has 0 spiro atoms. The van der Waals surface area contributed by atoms with Gasteiger partial charge in [-0.15, -0.1) is 0 Å². The van der Waals surface area contributed by atoms with E-state index in [-0.39, 0.29) is 0 Å². The number of sulfonamides is 1. The molecular formula is C13H13NO6S. The Morgan fingerprint density at radius 1 is 1.19 bits per heavy atom. The van der Waals surface area contributed by atoms with Crippen LogP contribution in [0.4, 0.5) is 5.69 Å². The van der Waals surface area contributed by atoms with Gasteiger partial charge in [-0.3, -0.25) is 4.31 Å². The minimum atomic E-state index is -3.96. The van der Waals surface area contributed by atoms with Crippen molar-refractivity contribution in [2.45, 2.75) is 5.09 Å². The van der Waals surface area contributed by atoms with Crippen molar-refractivity contribution in [2.24, 2.45) is 0 Å². The first kappa shape index (κ1) is 14.9. The molecular weight excluding hydrogens is 298 g/mol. The topological polar surface area (TPSA) is 97.0 Å². The van der Waals surface area contributed by atoms with E-state index in [0.717, 1.165) is 16.4 Å². The molecule has 0 amide bonds. The Bertz CT molecular complexity index is 747. The molecule has 8 heteroatoms. The van der Waals surface area contributed by atoms with E-state index in [9.17, 15) is 13.2 Å². The number of carboxylic acid groups (broad SMARTS) is 1. The third-order valence-electron chi connectivity index (χ3n) is 2.84. The predicted octanol–water partition coefficient (Wildman–Crippen LogP) is 1.81. The maximum Gasteiger partial charge on any atom is 0.371 e. The minimum Gasteiger partial charge on any atom is -0.497 e. The van der Waals surface area contributed by atoms with E-state index < -0.39 is 26.8 Å². The lowest BCUT2D eigenvalue weighted by atomic mass is 10.3. The van der Waals surface area contributed by atoms with Gasteiger partial charge in [0, 0.05) is 7.05 Å². The van der Waals surface area contributed by atoms with Crippen molar-refractivity contribution < 1.29 is 27.5 Å². The predicted molar refractivity (Wildman–Crippen MR) is 74.3 cm³/mol. The molecule has 1 aromatic carbocycles. The van der Waals surface area contributed by atoms with Gasteiger partial charge in [0.2, 0.25) is 10.9 Å². The number of carboxylic acids is 1. The standard InChI is InChI=1S/C13H13NO6S/c1-14(9-3-5-10(19-2)6-4-9)21(17,18)12-8-7-11(20-12)13(15)16/h3-8H,1-2H3,(H,15,16). The van der Waals surface area contributed by atoms with Crippen LogP contribution in [-0.2, 0) is 10.0 Å². The maximum absolute atomic E-state index is 12.3. The lowest BCUT2D eigenvalue weighted by Crippen LogP contribution is -2.26. The zero-order chi connectivity index (χ0) is 15.6. The van der Waals surface area contributed by atoms with Crippen molar-refractivity contribution in [3.63, 3.8) is 0 Å². The highest BCUT2D eigenvalue weighted by Crippen LogP contribution is 2.25. The Morgan fingerprint density at radius 3 is 2.29 bits per heavy atom. The van der Waals surface area contributed by atoms with Gasteiger partial charge < -0.3 is 14.3 Å².